The molecule has 0 radical (unpaired) electrons. The lowest BCUT2D eigenvalue weighted by molar-refractivity contribution is 0.199. The first-order valence-corrected chi connectivity index (χ1v) is 7.77. The van der Waals surface area contributed by atoms with Crippen molar-refractivity contribution in [3.63, 3.8) is 0 Å². The topological polar surface area (TPSA) is 43.7 Å². The van der Waals surface area contributed by atoms with Crippen LogP contribution in [0.5, 0.6) is 0 Å². The molecule has 0 aromatic heterocycles. The normalized spacial score (nSPS) is 17.7. The maximum Gasteiger partial charge on any atom is 0.0782 e. The van der Waals surface area contributed by atoms with E-state index in [-0.39, 0.29) is 6.61 Å². The lowest BCUT2D eigenvalue weighted by Crippen LogP contribution is -2.36. The van der Waals surface area contributed by atoms with Crippen LogP contribution in [0.1, 0.15) is 44.3 Å². The standard InChI is InChI=1S/C15H22BrNO2/c1-11(19)14-10-12(16)6-7-15(14)17(8-9-18)13-4-2-3-5-13/h6-7,10-11,13,18-19H,2-5,8-9H2,1H3. The summed E-state index contributed by atoms with van der Waals surface area (Å²) in [6.07, 6.45) is 4.36. The van der Waals surface area contributed by atoms with Crippen LogP contribution in [0.4, 0.5) is 5.69 Å². The third-order valence-corrected chi connectivity index (χ3v) is 4.35. The number of anilines is 1. The van der Waals surface area contributed by atoms with Gasteiger partial charge in [-0.1, -0.05) is 28.8 Å². The fourth-order valence-corrected chi connectivity index (χ4v) is 3.32. The molecule has 1 aromatic rings. The molecule has 106 valence electrons. The van der Waals surface area contributed by atoms with Crippen molar-refractivity contribution in [1.29, 1.82) is 0 Å². The number of aliphatic hydroxyl groups is 2. The second kappa shape index (κ2) is 6.73. The van der Waals surface area contributed by atoms with Crippen LogP contribution in [0.15, 0.2) is 22.7 Å². The van der Waals surface area contributed by atoms with Gasteiger partial charge < -0.3 is 15.1 Å². The van der Waals surface area contributed by atoms with Gasteiger partial charge in [0.05, 0.1) is 12.7 Å². The molecule has 0 aliphatic heterocycles. The molecule has 1 saturated carbocycles. The van der Waals surface area contributed by atoms with E-state index in [4.69, 9.17) is 0 Å². The quantitative estimate of drug-likeness (QED) is 0.872. The van der Waals surface area contributed by atoms with Crippen molar-refractivity contribution in [2.24, 2.45) is 0 Å². The summed E-state index contributed by atoms with van der Waals surface area (Å²) < 4.78 is 0.975. The Hall–Kier alpha value is -0.580. The first kappa shape index (κ1) is 14.8. The van der Waals surface area contributed by atoms with Crippen molar-refractivity contribution in [3.8, 4) is 0 Å². The molecule has 0 bridgehead atoms. The second-order valence-electron chi connectivity index (χ2n) is 5.23. The van der Waals surface area contributed by atoms with Gasteiger partial charge in [0, 0.05) is 28.3 Å². The van der Waals surface area contributed by atoms with Crippen LogP contribution in [-0.4, -0.2) is 29.4 Å². The van der Waals surface area contributed by atoms with E-state index in [1.165, 1.54) is 25.7 Å². The number of rotatable bonds is 5. The lowest BCUT2D eigenvalue weighted by atomic mass is 10.0. The van der Waals surface area contributed by atoms with E-state index in [0.717, 1.165) is 15.7 Å². The number of benzene rings is 1. The third-order valence-electron chi connectivity index (χ3n) is 3.86. The van der Waals surface area contributed by atoms with E-state index in [1.54, 1.807) is 6.92 Å². The molecular weight excluding hydrogens is 306 g/mol. The fraction of sp³-hybridized carbons (Fsp3) is 0.600. The monoisotopic (exact) mass is 327 g/mol. The summed E-state index contributed by atoms with van der Waals surface area (Å²) in [6.45, 7) is 2.56. The molecule has 2 N–H and O–H groups in total. The van der Waals surface area contributed by atoms with Crippen LogP contribution < -0.4 is 4.90 Å². The van der Waals surface area contributed by atoms with Crippen molar-refractivity contribution in [2.75, 3.05) is 18.1 Å². The summed E-state index contributed by atoms with van der Waals surface area (Å²) >= 11 is 3.46. The molecule has 0 spiro atoms. The Morgan fingerprint density at radius 1 is 1.37 bits per heavy atom. The first-order chi connectivity index (χ1) is 9.13. The molecule has 0 amide bonds. The van der Waals surface area contributed by atoms with Gasteiger partial charge in [-0.15, -0.1) is 0 Å². The summed E-state index contributed by atoms with van der Waals surface area (Å²) in [6, 6.07) is 6.51. The Morgan fingerprint density at radius 3 is 2.63 bits per heavy atom. The zero-order chi connectivity index (χ0) is 13.8. The molecule has 3 nitrogen and oxygen atoms in total. The number of hydrogen-bond acceptors (Lipinski definition) is 3. The van der Waals surface area contributed by atoms with E-state index < -0.39 is 6.10 Å². The molecule has 1 aliphatic rings. The minimum Gasteiger partial charge on any atom is -0.395 e. The highest BCUT2D eigenvalue weighted by atomic mass is 79.9. The predicted octanol–water partition coefficient (Wildman–Crippen LogP) is 3.24. The molecule has 1 aromatic carbocycles. The average molecular weight is 328 g/mol. The first-order valence-electron chi connectivity index (χ1n) is 6.98. The maximum atomic E-state index is 9.98. The highest BCUT2D eigenvalue weighted by Gasteiger charge is 2.25. The largest absolute Gasteiger partial charge is 0.395 e. The molecule has 19 heavy (non-hydrogen) atoms. The molecule has 0 heterocycles. The number of halogens is 1. The van der Waals surface area contributed by atoms with E-state index in [1.807, 2.05) is 18.2 Å². The Morgan fingerprint density at radius 2 is 2.05 bits per heavy atom. The van der Waals surface area contributed by atoms with E-state index in [0.29, 0.717) is 12.6 Å². The minimum atomic E-state index is -0.505. The van der Waals surface area contributed by atoms with Crippen LogP contribution in [0.3, 0.4) is 0 Å². The summed E-state index contributed by atoms with van der Waals surface area (Å²) in [4.78, 5) is 2.27. The summed E-state index contributed by atoms with van der Waals surface area (Å²) in [7, 11) is 0. The van der Waals surface area contributed by atoms with Crippen LogP contribution in [0, 0.1) is 0 Å². The van der Waals surface area contributed by atoms with E-state index in [9.17, 15) is 10.2 Å². The third kappa shape index (κ3) is 3.50. The smallest absolute Gasteiger partial charge is 0.0782 e. The van der Waals surface area contributed by atoms with Gasteiger partial charge in [-0.05, 0) is 38.0 Å². The van der Waals surface area contributed by atoms with Crippen molar-refractivity contribution < 1.29 is 10.2 Å². The van der Waals surface area contributed by atoms with Crippen LogP contribution in [-0.2, 0) is 0 Å². The molecule has 0 saturated heterocycles. The Kier molecular flexibility index (Phi) is 5.25. The van der Waals surface area contributed by atoms with Crippen molar-refractivity contribution in [2.45, 2.75) is 44.8 Å². The second-order valence-corrected chi connectivity index (χ2v) is 6.15. The van der Waals surface area contributed by atoms with Crippen LogP contribution >= 0.6 is 15.9 Å². The average Bonchev–Trinajstić information content (AvgIpc) is 2.90. The molecular formula is C15H22BrNO2. The summed E-state index contributed by atoms with van der Waals surface area (Å²) in [5.41, 5.74) is 1.98. The number of aliphatic hydroxyl groups excluding tert-OH is 2. The number of hydrogen-bond donors (Lipinski definition) is 2. The van der Waals surface area contributed by atoms with Gasteiger partial charge in [-0.25, -0.2) is 0 Å². The zero-order valence-corrected chi connectivity index (χ0v) is 12.9. The van der Waals surface area contributed by atoms with E-state index >= 15 is 0 Å². The van der Waals surface area contributed by atoms with Gasteiger partial charge in [0.2, 0.25) is 0 Å². The Bertz CT molecular complexity index is 417. The molecule has 4 heteroatoms. The zero-order valence-electron chi connectivity index (χ0n) is 11.3. The molecule has 1 atom stereocenters. The fourth-order valence-electron chi connectivity index (χ4n) is 2.94. The van der Waals surface area contributed by atoms with Crippen molar-refractivity contribution >= 4 is 21.6 Å². The SMILES string of the molecule is CC(O)c1cc(Br)ccc1N(CCO)C1CCCC1. The molecule has 1 aliphatic carbocycles. The maximum absolute atomic E-state index is 9.98. The number of nitrogens with zero attached hydrogens (tertiary/aromatic N) is 1. The predicted molar refractivity (Wildman–Crippen MR) is 81.5 cm³/mol. The molecule has 1 unspecified atom stereocenters. The van der Waals surface area contributed by atoms with Gasteiger partial charge in [0.15, 0.2) is 0 Å². The van der Waals surface area contributed by atoms with Gasteiger partial charge >= 0.3 is 0 Å². The van der Waals surface area contributed by atoms with Crippen LogP contribution in [0.2, 0.25) is 0 Å². The Labute approximate surface area is 123 Å². The molecule has 1 fully saturated rings. The van der Waals surface area contributed by atoms with E-state index in [2.05, 4.69) is 20.8 Å². The highest BCUT2D eigenvalue weighted by Crippen LogP contribution is 2.34. The van der Waals surface area contributed by atoms with Gasteiger partial charge in [-0.2, -0.15) is 0 Å². The lowest BCUT2D eigenvalue weighted by Gasteiger charge is -2.33. The van der Waals surface area contributed by atoms with Gasteiger partial charge in [-0.3, -0.25) is 0 Å². The summed E-state index contributed by atoms with van der Waals surface area (Å²) in [5.74, 6) is 0. The minimum absolute atomic E-state index is 0.145. The highest BCUT2D eigenvalue weighted by molar-refractivity contribution is 9.10. The Balaban J connectivity index is 2.34. The van der Waals surface area contributed by atoms with Crippen molar-refractivity contribution in [3.05, 3.63) is 28.2 Å². The van der Waals surface area contributed by atoms with Gasteiger partial charge in [0.25, 0.3) is 0 Å². The van der Waals surface area contributed by atoms with Crippen LogP contribution in [0.25, 0.3) is 0 Å². The molecule has 2 rings (SSSR count). The van der Waals surface area contributed by atoms with Gasteiger partial charge in [0.1, 0.15) is 0 Å². The summed E-state index contributed by atoms with van der Waals surface area (Å²) in [5, 5.41) is 19.3. The van der Waals surface area contributed by atoms with Crippen molar-refractivity contribution in [1.82, 2.24) is 0 Å².